The number of nitrogens with zero attached hydrogens (tertiary/aromatic N) is 3. The van der Waals surface area contributed by atoms with E-state index in [1.165, 1.54) is 0 Å². The highest BCUT2D eigenvalue weighted by Crippen LogP contribution is 2.26. The molecule has 0 radical (unpaired) electrons. The molecule has 0 bridgehead atoms. The standard InChI is InChI=1S/C15H21N5O/c1-3-20-10-17-19-15(20)12-6-4-5-7-13(12)18-14(21)9-8-11(2)16/h4-7,10-11H,3,8-9,16H2,1-2H3,(H,18,21). The van der Waals surface area contributed by atoms with Crippen LogP contribution < -0.4 is 11.1 Å². The van der Waals surface area contributed by atoms with E-state index in [0.29, 0.717) is 12.8 Å². The first kappa shape index (κ1) is 15.2. The molecule has 1 aromatic carbocycles. The van der Waals surface area contributed by atoms with E-state index in [4.69, 9.17) is 5.73 Å². The maximum absolute atomic E-state index is 12.0. The zero-order chi connectivity index (χ0) is 15.2. The first-order valence-corrected chi connectivity index (χ1v) is 7.14. The van der Waals surface area contributed by atoms with E-state index >= 15 is 0 Å². The number of aryl methyl sites for hydroxylation is 1. The monoisotopic (exact) mass is 287 g/mol. The Hall–Kier alpha value is -2.21. The van der Waals surface area contributed by atoms with Crippen molar-refractivity contribution in [3.63, 3.8) is 0 Å². The number of rotatable bonds is 6. The minimum Gasteiger partial charge on any atom is -0.328 e. The fourth-order valence-corrected chi connectivity index (χ4v) is 2.05. The number of amides is 1. The smallest absolute Gasteiger partial charge is 0.224 e. The Kier molecular flexibility index (Phi) is 5.05. The molecule has 0 aliphatic heterocycles. The van der Waals surface area contributed by atoms with E-state index in [2.05, 4.69) is 15.5 Å². The van der Waals surface area contributed by atoms with Gasteiger partial charge >= 0.3 is 0 Å². The summed E-state index contributed by atoms with van der Waals surface area (Å²) < 4.78 is 1.94. The fourth-order valence-electron chi connectivity index (χ4n) is 2.05. The van der Waals surface area contributed by atoms with Gasteiger partial charge in [0.15, 0.2) is 5.82 Å². The van der Waals surface area contributed by atoms with Crippen molar-refractivity contribution in [2.45, 2.75) is 39.3 Å². The summed E-state index contributed by atoms with van der Waals surface area (Å²) in [6, 6.07) is 7.62. The normalized spacial score (nSPS) is 12.1. The highest BCUT2D eigenvalue weighted by atomic mass is 16.1. The summed E-state index contributed by atoms with van der Waals surface area (Å²) in [6.07, 6.45) is 2.76. The van der Waals surface area contributed by atoms with Gasteiger partial charge in [-0.15, -0.1) is 10.2 Å². The summed E-state index contributed by atoms with van der Waals surface area (Å²) in [5.41, 5.74) is 7.29. The molecule has 1 atom stereocenters. The lowest BCUT2D eigenvalue weighted by Gasteiger charge is -2.11. The average Bonchev–Trinajstić information content (AvgIpc) is 2.94. The van der Waals surface area contributed by atoms with Gasteiger partial charge in [-0.1, -0.05) is 12.1 Å². The van der Waals surface area contributed by atoms with Gasteiger partial charge in [0, 0.05) is 24.6 Å². The predicted octanol–water partition coefficient (Wildman–Crippen LogP) is 2.03. The van der Waals surface area contributed by atoms with E-state index in [1.54, 1.807) is 6.33 Å². The Morgan fingerprint density at radius 3 is 2.90 bits per heavy atom. The molecule has 0 saturated heterocycles. The topological polar surface area (TPSA) is 85.8 Å². The summed E-state index contributed by atoms with van der Waals surface area (Å²) in [4.78, 5) is 12.0. The number of aromatic nitrogens is 3. The first-order valence-electron chi connectivity index (χ1n) is 7.14. The molecule has 1 unspecified atom stereocenters. The SMILES string of the molecule is CCn1cnnc1-c1ccccc1NC(=O)CCC(C)N. The zero-order valence-corrected chi connectivity index (χ0v) is 12.4. The third-order valence-corrected chi connectivity index (χ3v) is 3.23. The molecule has 3 N–H and O–H groups in total. The lowest BCUT2D eigenvalue weighted by Crippen LogP contribution is -2.19. The van der Waals surface area contributed by atoms with Crippen molar-refractivity contribution in [1.29, 1.82) is 0 Å². The van der Waals surface area contributed by atoms with Crippen molar-refractivity contribution in [2.24, 2.45) is 5.73 Å². The number of hydrogen-bond donors (Lipinski definition) is 2. The van der Waals surface area contributed by atoms with Crippen LogP contribution in [0, 0.1) is 0 Å². The molecule has 1 amide bonds. The van der Waals surface area contributed by atoms with Crippen molar-refractivity contribution in [3.05, 3.63) is 30.6 Å². The maximum atomic E-state index is 12.0. The molecule has 1 aromatic heterocycles. The number of hydrogen-bond acceptors (Lipinski definition) is 4. The Balaban J connectivity index is 2.20. The van der Waals surface area contributed by atoms with Crippen molar-refractivity contribution in [2.75, 3.05) is 5.32 Å². The van der Waals surface area contributed by atoms with Gasteiger partial charge in [-0.05, 0) is 32.4 Å². The van der Waals surface area contributed by atoms with Crippen LogP contribution >= 0.6 is 0 Å². The molecule has 0 saturated carbocycles. The summed E-state index contributed by atoms with van der Waals surface area (Å²) >= 11 is 0. The molecule has 0 aliphatic rings. The van der Waals surface area contributed by atoms with Crippen LogP contribution in [0.5, 0.6) is 0 Å². The van der Waals surface area contributed by atoms with Crippen LogP contribution in [0.4, 0.5) is 5.69 Å². The number of nitrogens with one attached hydrogen (secondary N) is 1. The van der Waals surface area contributed by atoms with Gasteiger partial charge < -0.3 is 15.6 Å². The van der Waals surface area contributed by atoms with Gasteiger partial charge in [0.2, 0.25) is 5.91 Å². The van der Waals surface area contributed by atoms with Crippen LogP contribution in [0.2, 0.25) is 0 Å². The molecular formula is C15H21N5O. The highest BCUT2D eigenvalue weighted by molar-refractivity contribution is 5.94. The van der Waals surface area contributed by atoms with Crippen molar-refractivity contribution in [3.8, 4) is 11.4 Å². The van der Waals surface area contributed by atoms with E-state index in [0.717, 1.165) is 23.6 Å². The molecule has 21 heavy (non-hydrogen) atoms. The molecule has 0 spiro atoms. The van der Waals surface area contributed by atoms with Crippen molar-refractivity contribution < 1.29 is 4.79 Å². The second kappa shape index (κ2) is 6.99. The minimum atomic E-state index is -0.0395. The van der Waals surface area contributed by atoms with Gasteiger partial charge in [0.05, 0.1) is 5.69 Å². The van der Waals surface area contributed by atoms with Gasteiger partial charge in [-0.3, -0.25) is 4.79 Å². The van der Waals surface area contributed by atoms with Gasteiger partial charge in [0.25, 0.3) is 0 Å². The molecule has 2 rings (SSSR count). The van der Waals surface area contributed by atoms with Crippen LogP contribution in [0.3, 0.4) is 0 Å². The van der Waals surface area contributed by atoms with Gasteiger partial charge in [-0.2, -0.15) is 0 Å². The van der Waals surface area contributed by atoms with Gasteiger partial charge in [-0.25, -0.2) is 0 Å². The first-order chi connectivity index (χ1) is 10.1. The van der Waals surface area contributed by atoms with Crippen LogP contribution in [-0.2, 0) is 11.3 Å². The van der Waals surface area contributed by atoms with Crippen molar-refractivity contribution >= 4 is 11.6 Å². The summed E-state index contributed by atoms with van der Waals surface area (Å²) in [5.74, 6) is 0.711. The predicted molar refractivity (Wildman–Crippen MR) is 82.6 cm³/mol. The number of carbonyl (C=O) groups is 1. The molecule has 1 heterocycles. The number of anilines is 1. The van der Waals surface area contributed by atoms with Crippen LogP contribution in [-0.4, -0.2) is 26.7 Å². The number of benzene rings is 1. The molecule has 0 aliphatic carbocycles. The lowest BCUT2D eigenvalue weighted by atomic mass is 10.1. The Morgan fingerprint density at radius 2 is 2.19 bits per heavy atom. The van der Waals surface area contributed by atoms with Gasteiger partial charge in [0.1, 0.15) is 6.33 Å². The average molecular weight is 287 g/mol. The number of nitrogens with two attached hydrogens (primary N) is 1. The quantitative estimate of drug-likeness (QED) is 0.851. The summed E-state index contributed by atoms with van der Waals surface area (Å²) in [6.45, 7) is 4.69. The second-order valence-electron chi connectivity index (χ2n) is 5.05. The van der Waals surface area contributed by atoms with E-state index in [9.17, 15) is 4.79 Å². The van der Waals surface area contributed by atoms with E-state index in [-0.39, 0.29) is 11.9 Å². The van der Waals surface area contributed by atoms with Crippen LogP contribution in [0.15, 0.2) is 30.6 Å². The van der Waals surface area contributed by atoms with Crippen LogP contribution in [0.25, 0.3) is 11.4 Å². The molecule has 6 nitrogen and oxygen atoms in total. The third kappa shape index (κ3) is 3.88. The molecule has 0 fully saturated rings. The number of carbonyl (C=O) groups excluding carboxylic acids is 1. The maximum Gasteiger partial charge on any atom is 0.224 e. The third-order valence-electron chi connectivity index (χ3n) is 3.23. The van der Waals surface area contributed by atoms with E-state index in [1.807, 2.05) is 42.7 Å². The summed E-state index contributed by atoms with van der Waals surface area (Å²) in [7, 11) is 0. The number of para-hydroxylation sites is 1. The molecular weight excluding hydrogens is 266 g/mol. The van der Waals surface area contributed by atoms with Crippen LogP contribution in [0.1, 0.15) is 26.7 Å². The Morgan fingerprint density at radius 1 is 1.43 bits per heavy atom. The van der Waals surface area contributed by atoms with E-state index < -0.39 is 0 Å². The second-order valence-corrected chi connectivity index (χ2v) is 5.05. The fraction of sp³-hybridized carbons (Fsp3) is 0.400. The molecule has 2 aromatic rings. The Bertz CT molecular complexity index is 606. The highest BCUT2D eigenvalue weighted by Gasteiger charge is 2.13. The Labute approximate surface area is 124 Å². The summed E-state index contributed by atoms with van der Waals surface area (Å²) in [5, 5.41) is 11.0. The lowest BCUT2D eigenvalue weighted by molar-refractivity contribution is -0.116. The molecule has 6 heteroatoms. The largest absolute Gasteiger partial charge is 0.328 e. The molecule has 112 valence electrons. The zero-order valence-electron chi connectivity index (χ0n) is 12.4. The minimum absolute atomic E-state index is 0.0224. The van der Waals surface area contributed by atoms with Crippen molar-refractivity contribution in [1.82, 2.24) is 14.8 Å².